The number of ether oxygens (including phenoxy) is 8. The molecule has 0 bridgehead atoms. The van der Waals surface area contributed by atoms with Crippen molar-refractivity contribution >= 4 is 11.8 Å². The molecule has 15 N–H and O–H groups in total. The van der Waals surface area contributed by atoms with Crippen LogP contribution in [0.4, 0.5) is 0 Å². The van der Waals surface area contributed by atoms with Crippen LogP contribution in [0.15, 0.2) is 12.2 Å². The van der Waals surface area contributed by atoms with Gasteiger partial charge in [-0.15, -0.1) is 0 Å². The first-order valence-corrected chi connectivity index (χ1v) is 35.9. The van der Waals surface area contributed by atoms with Crippen LogP contribution in [0.25, 0.3) is 0 Å². The molecule has 1 unspecified atom stereocenters. The first-order chi connectivity index (χ1) is 45.0. The minimum atomic E-state index is -2.10. The first kappa shape index (κ1) is 83.3. The molecule has 93 heavy (non-hydrogen) atoms. The van der Waals surface area contributed by atoms with Crippen molar-refractivity contribution in [2.75, 3.05) is 33.0 Å². The molecule has 4 saturated heterocycles. The number of rotatable bonds is 51. The summed E-state index contributed by atoms with van der Waals surface area (Å²) in [5.41, 5.74) is 0. The molecule has 0 aromatic carbocycles. The molecule has 2 amide bonds. The van der Waals surface area contributed by atoms with Crippen molar-refractivity contribution in [1.29, 1.82) is 0 Å². The number of nitrogens with one attached hydrogen (secondary N) is 2. The normalized spacial score (nSPS) is 32.4. The summed E-state index contributed by atoms with van der Waals surface area (Å²) in [5, 5.41) is 147. The van der Waals surface area contributed by atoms with E-state index >= 15 is 0 Å². The Hall–Kier alpha value is -2.16. The van der Waals surface area contributed by atoms with Gasteiger partial charge in [0.05, 0.1) is 45.2 Å². The van der Waals surface area contributed by atoms with Crippen LogP contribution in [0.2, 0.25) is 0 Å². The molecular formula is C68H126N2O23. The standard InChI is InChI=1S/C68H126N2O23/c1-4-6-8-10-12-14-16-18-19-20-21-22-23-24-25-27-29-31-33-35-37-39-52(77)70-46(47(76)38-36-34-32-30-28-26-17-15-13-11-9-7-5-2)44-86-66-60(84)57(81)63(50(42-73)89-66)92-68-61(85)58(82)62(51(43-74)90-68)91-65-53(69-45(3)75)64(55(79)49(41-72)87-65)93-67-59(83)56(80)54(78)48(40-71)88-67/h36,38,46-51,53-68,71-74,76,78-85H,4-35,37,39-44H2,1-3H3,(H,69,75)(H,70,77)/b38-36+/t46-,47+,48+,49+,50+,51+,53+,54-,55-,56-,57+,58+,59+,60?,61+,62-,63+,64+,65-,66+,67-,68-/m0/s1. The fourth-order valence-corrected chi connectivity index (χ4v) is 12.8. The smallest absolute Gasteiger partial charge is 0.220 e. The van der Waals surface area contributed by atoms with E-state index in [-0.39, 0.29) is 12.3 Å². The zero-order valence-electron chi connectivity index (χ0n) is 56.3. The average molecular weight is 1340 g/mol. The molecule has 0 saturated carbocycles. The summed E-state index contributed by atoms with van der Waals surface area (Å²) in [6, 6.07) is -2.62. The number of hydrogen-bond acceptors (Lipinski definition) is 23. The zero-order valence-corrected chi connectivity index (χ0v) is 56.3. The van der Waals surface area contributed by atoms with Crippen molar-refractivity contribution < 1.29 is 114 Å². The molecule has 0 aliphatic carbocycles. The van der Waals surface area contributed by atoms with E-state index in [0.717, 1.165) is 51.9 Å². The van der Waals surface area contributed by atoms with Gasteiger partial charge >= 0.3 is 0 Å². The van der Waals surface area contributed by atoms with E-state index in [1.807, 2.05) is 6.08 Å². The molecule has 25 heteroatoms. The minimum Gasteiger partial charge on any atom is -0.394 e. The van der Waals surface area contributed by atoms with Gasteiger partial charge < -0.3 is 115 Å². The minimum absolute atomic E-state index is 0.218. The van der Waals surface area contributed by atoms with Crippen molar-refractivity contribution in [3.05, 3.63) is 12.2 Å². The number of aliphatic hydroxyl groups is 13. The molecule has 25 nitrogen and oxygen atoms in total. The predicted octanol–water partition coefficient (Wildman–Crippen LogP) is 4.12. The molecule has 4 heterocycles. The molecule has 546 valence electrons. The largest absolute Gasteiger partial charge is 0.394 e. The number of unbranched alkanes of at least 4 members (excludes halogenated alkanes) is 31. The Morgan fingerprint density at radius 1 is 0.419 bits per heavy atom. The van der Waals surface area contributed by atoms with E-state index < -0.39 is 174 Å². The Morgan fingerprint density at radius 2 is 0.774 bits per heavy atom. The van der Waals surface area contributed by atoms with Gasteiger partial charge in [0.25, 0.3) is 0 Å². The molecule has 0 radical (unpaired) electrons. The highest BCUT2D eigenvalue weighted by molar-refractivity contribution is 5.76. The summed E-state index contributed by atoms with van der Waals surface area (Å²) in [7, 11) is 0. The second kappa shape index (κ2) is 48.6. The fraction of sp³-hybridized carbons (Fsp3) is 0.941. The summed E-state index contributed by atoms with van der Waals surface area (Å²) >= 11 is 0. The summed E-state index contributed by atoms with van der Waals surface area (Å²) in [6.07, 6.45) is 8.53. The maximum atomic E-state index is 13.5. The second-order valence-corrected chi connectivity index (χ2v) is 26.4. The van der Waals surface area contributed by atoms with Gasteiger partial charge in [0.1, 0.15) is 97.6 Å². The van der Waals surface area contributed by atoms with Crippen molar-refractivity contribution in [3.63, 3.8) is 0 Å². The quantitative estimate of drug-likeness (QED) is 0.0301. The van der Waals surface area contributed by atoms with Crippen LogP contribution in [-0.4, -0.2) is 246 Å². The zero-order chi connectivity index (χ0) is 67.9. The lowest BCUT2D eigenvalue weighted by atomic mass is 9.94. The van der Waals surface area contributed by atoms with Crippen LogP contribution in [0.3, 0.4) is 0 Å². The molecule has 0 spiro atoms. The van der Waals surface area contributed by atoms with Gasteiger partial charge in [-0.25, -0.2) is 0 Å². The summed E-state index contributed by atoms with van der Waals surface area (Å²) < 4.78 is 46.8. The van der Waals surface area contributed by atoms with Crippen LogP contribution in [-0.2, 0) is 47.5 Å². The summed E-state index contributed by atoms with van der Waals surface area (Å²) in [5.74, 6) is -1.06. The van der Waals surface area contributed by atoms with Gasteiger partial charge in [-0.05, 0) is 19.3 Å². The molecule has 0 aromatic heterocycles. The van der Waals surface area contributed by atoms with Crippen molar-refractivity contribution in [2.45, 2.75) is 374 Å². The van der Waals surface area contributed by atoms with E-state index in [9.17, 15) is 76.0 Å². The van der Waals surface area contributed by atoms with Crippen LogP contribution >= 0.6 is 0 Å². The summed E-state index contributed by atoms with van der Waals surface area (Å²) in [6.45, 7) is 1.63. The van der Waals surface area contributed by atoms with Crippen molar-refractivity contribution in [2.24, 2.45) is 0 Å². The Balaban J connectivity index is 1.30. The Morgan fingerprint density at radius 3 is 1.22 bits per heavy atom. The van der Waals surface area contributed by atoms with E-state index in [0.29, 0.717) is 12.8 Å². The Labute approximate surface area is 553 Å². The first-order valence-electron chi connectivity index (χ1n) is 35.9. The van der Waals surface area contributed by atoms with Crippen LogP contribution in [0, 0.1) is 0 Å². The molecular weight excluding hydrogens is 1210 g/mol. The van der Waals surface area contributed by atoms with Crippen molar-refractivity contribution in [1.82, 2.24) is 10.6 Å². The third-order valence-corrected chi connectivity index (χ3v) is 18.6. The van der Waals surface area contributed by atoms with E-state index in [4.69, 9.17) is 37.9 Å². The predicted molar refractivity (Wildman–Crippen MR) is 345 cm³/mol. The van der Waals surface area contributed by atoms with Crippen LogP contribution < -0.4 is 10.6 Å². The van der Waals surface area contributed by atoms with Crippen molar-refractivity contribution in [3.8, 4) is 0 Å². The lowest BCUT2D eigenvalue weighted by Gasteiger charge is -2.50. The van der Waals surface area contributed by atoms with Crippen LogP contribution in [0.5, 0.6) is 0 Å². The summed E-state index contributed by atoms with van der Waals surface area (Å²) in [4.78, 5) is 26.1. The lowest BCUT2D eigenvalue weighted by Crippen LogP contribution is -2.70. The number of aliphatic hydroxyl groups excluding tert-OH is 13. The maximum absolute atomic E-state index is 13.5. The van der Waals surface area contributed by atoms with Gasteiger partial charge in [-0.1, -0.05) is 219 Å². The number of carbonyl (C=O) groups excluding carboxylic acids is 2. The SMILES string of the molecule is CCCCCCCCCCCCC/C=C/[C@@H](O)[C@H](CO[C@@H]1O[C@H](CO)[C@@H](O[C@@H]2O[C@H](CO)[C@H](O[C@@H]3O[C@H](CO)[C@H](O)[C@H](O[C@@H]4O[C@H](CO)[C@H](O)[C@H](O)[C@H]4O)[C@H]3NC(C)=O)[C@H](O)[C@H]2O)[C@H](O)C1O)NC(=O)CCCCCCCCCCCCCCCCCCCCCCC. The van der Waals surface area contributed by atoms with Crippen LogP contribution in [0.1, 0.15) is 239 Å². The number of allylic oxidation sites excluding steroid dienone is 1. The highest BCUT2D eigenvalue weighted by Gasteiger charge is 2.56. The van der Waals surface area contributed by atoms with Gasteiger partial charge in [-0.3, -0.25) is 9.59 Å². The maximum Gasteiger partial charge on any atom is 0.220 e. The molecule has 4 aliphatic rings. The lowest BCUT2D eigenvalue weighted by molar-refractivity contribution is -0.380. The van der Waals surface area contributed by atoms with E-state index in [1.165, 1.54) is 154 Å². The van der Waals surface area contributed by atoms with Gasteiger partial charge in [0.15, 0.2) is 25.2 Å². The van der Waals surface area contributed by atoms with Gasteiger partial charge in [0, 0.05) is 13.3 Å². The monoisotopic (exact) mass is 1340 g/mol. The van der Waals surface area contributed by atoms with E-state index in [1.54, 1.807) is 6.08 Å². The van der Waals surface area contributed by atoms with E-state index in [2.05, 4.69) is 24.5 Å². The second-order valence-electron chi connectivity index (χ2n) is 26.4. The Kier molecular flexibility index (Phi) is 43.5. The molecule has 22 atom stereocenters. The molecule has 4 fully saturated rings. The third-order valence-electron chi connectivity index (χ3n) is 18.6. The molecule has 0 aromatic rings. The topological polar surface area (TPSA) is 395 Å². The average Bonchev–Trinajstić information content (AvgIpc) is 0.808. The number of carbonyl (C=O) groups is 2. The highest BCUT2D eigenvalue weighted by atomic mass is 16.8. The fourth-order valence-electron chi connectivity index (χ4n) is 12.8. The molecule has 4 rings (SSSR count). The van der Waals surface area contributed by atoms with Gasteiger partial charge in [0.2, 0.25) is 11.8 Å². The molecule has 4 aliphatic heterocycles. The van der Waals surface area contributed by atoms with Gasteiger partial charge in [-0.2, -0.15) is 0 Å². The Bertz CT molecular complexity index is 1930. The number of hydrogen-bond donors (Lipinski definition) is 15. The third kappa shape index (κ3) is 29.7. The number of amides is 2. The highest BCUT2D eigenvalue weighted by Crippen LogP contribution is 2.35.